The molecule has 1 aliphatic rings. The van der Waals surface area contributed by atoms with Crippen molar-refractivity contribution in [2.45, 2.75) is 76.8 Å². The number of unbranched alkanes of at least 4 members (excludes halogenated alkanes) is 1. The first-order valence-electron chi connectivity index (χ1n) is 8.58. The van der Waals surface area contributed by atoms with Crippen molar-refractivity contribution in [1.82, 2.24) is 10.2 Å². The van der Waals surface area contributed by atoms with Crippen LogP contribution in [0, 0.1) is 5.92 Å². The number of hydrogen-bond acceptors (Lipinski definition) is 2. The number of likely N-dealkylation sites (N-methyl/N-ethyl adjacent to an activating group) is 1. The summed E-state index contributed by atoms with van der Waals surface area (Å²) in [5.41, 5.74) is 0.355. The van der Waals surface area contributed by atoms with Crippen molar-refractivity contribution in [3.63, 3.8) is 0 Å². The zero-order valence-corrected chi connectivity index (χ0v) is 14.3. The lowest BCUT2D eigenvalue weighted by molar-refractivity contribution is 0.0337. The maximum absolute atomic E-state index is 3.87. The molecule has 3 atom stereocenters. The van der Waals surface area contributed by atoms with Crippen LogP contribution in [0.2, 0.25) is 0 Å². The van der Waals surface area contributed by atoms with Crippen LogP contribution in [0.1, 0.15) is 65.2 Å². The van der Waals surface area contributed by atoms with Crippen LogP contribution in [0.3, 0.4) is 0 Å². The fourth-order valence-electron chi connectivity index (χ4n) is 3.94. The Balaban J connectivity index is 2.81. The molecule has 1 fully saturated rings. The summed E-state index contributed by atoms with van der Waals surface area (Å²) in [4.78, 5) is 2.52. The van der Waals surface area contributed by atoms with Gasteiger partial charge in [0.25, 0.3) is 0 Å². The lowest BCUT2D eigenvalue weighted by atomic mass is 9.70. The number of nitrogens with one attached hydrogen (secondary N) is 1. The van der Waals surface area contributed by atoms with Gasteiger partial charge in [0, 0.05) is 11.6 Å². The molecule has 118 valence electrons. The van der Waals surface area contributed by atoms with Crippen LogP contribution in [-0.4, -0.2) is 37.1 Å². The molecule has 2 heteroatoms. The van der Waals surface area contributed by atoms with Crippen molar-refractivity contribution in [1.29, 1.82) is 0 Å². The van der Waals surface area contributed by atoms with Crippen LogP contribution < -0.4 is 5.32 Å². The van der Waals surface area contributed by atoms with Gasteiger partial charge < -0.3 is 10.2 Å². The molecule has 0 aromatic heterocycles. The van der Waals surface area contributed by atoms with E-state index in [9.17, 15) is 0 Å². The molecule has 3 unspecified atom stereocenters. The van der Waals surface area contributed by atoms with Crippen LogP contribution in [-0.2, 0) is 0 Å². The summed E-state index contributed by atoms with van der Waals surface area (Å²) in [6.45, 7) is 9.70. The SMILES string of the molecule is C=CCCCC(NCCC)C1(N(C)C)CCCC(C)C1. The lowest BCUT2D eigenvalue weighted by Gasteiger charge is -2.50. The Kier molecular flexibility index (Phi) is 7.83. The van der Waals surface area contributed by atoms with Crippen molar-refractivity contribution in [2.75, 3.05) is 20.6 Å². The van der Waals surface area contributed by atoms with E-state index in [-0.39, 0.29) is 0 Å². The van der Waals surface area contributed by atoms with E-state index in [4.69, 9.17) is 0 Å². The smallest absolute Gasteiger partial charge is 0.0358 e. The molecule has 2 nitrogen and oxygen atoms in total. The second-order valence-electron chi connectivity index (χ2n) is 6.93. The van der Waals surface area contributed by atoms with Crippen LogP contribution in [0.15, 0.2) is 12.7 Å². The summed E-state index contributed by atoms with van der Waals surface area (Å²) >= 11 is 0. The van der Waals surface area contributed by atoms with Gasteiger partial charge >= 0.3 is 0 Å². The highest BCUT2D eigenvalue weighted by atomic mass is 15.2. The predicted molar refractivity (Wildman–Crippen MR) is 90.2 cm³/mol. The Hall–Kier alpha value is -0.340. The Labute approximate surface area is 127 Å². The fraction of sp³-hybridized carbons (Fsp3) is 0.889. The van der Waals surface area contributed by atoms with Crippen molar-refractivity contribution < 1.29 is 0 Å². The zero-order chi connectivity index (χ0) is 15.0. The second kappa shape index (κ2) is 8.84. The number of nitrogens with zero attached hydrogens (tertiary/aromatic N) is 1. The maximum atomic E-state index is 3.87. The van der Waals surface area contributed by atoms with Gasteiger partial charge in [-0.05, 0) is 65.1 Å². The Bertz CT molecular complexity index is 275. The Morgan fingerprint density at radius 1 is 1.45 bits per heavy atom. The molecule has 0 aliphatic heterocycles. The molecule has 0 bridgehead atoms. The molecular formula is C18H36N2. The van der Waals surface area contributed by atoms with Crippen molar-refractivity contribution in [3.05, 3.63) is 12.7 Å². The lowest BCUT2D eigenvalue weighted by Crippen LogP contribution is -2.61. The van der Waals surface area contributed by atoms with E-state index in [2.05, 4.69) is 50.8 Å². The predicted octanol–water partition coefficient (Wildman–Crippen LogP) is 4.22. The third kappa shape index (κ3) is 4.60. The Morgan fingerprint density at radius 3 is 2.75 bits per heavy atom. The first kappa shape index (κ1) is 17.7. The van der Waals surface area contributed by atoms with E-state index in [0.29, 0.717) is 11.6 Å². The quantitative estimate of drug-likeness (QED) is 0.502. The third-order valence-electron chi connectivity index (χ3n) is 5.09. The van der Waals surface area contributed by atoms with Gasteiger partial charge in [0.05, 0.1) is 0 Å². The number of hydrogen-bond donors (Lipinski definition) is 1. The normalized spacial score (nSPS) is 28.6. The molecular weight excluding hydrogens is 244 g/mol. The van der Waals surface area contributed by atoms with Gasteiger partial charge in [-0.25, -0.2) is 0 Å². The summed E-state index contributed by atoms with van der Waals surface area (Å²) in [7, 11) is 4.57. The van der Waals surface area contributed by atoms with Gasteiger partial charge in [-0.1, -0.05) is 32.8 Å². The molecule has 1 N–H and O–H groups in total. The largest absolute Gasteiger partial charge is 0.312 e. The van der Waals surface area contributed by atoms with Gasteiger partial charge in [-0.15, -0.1) is 6.58 Å². The van der Waals surface area contributed by atoms with Crippen molar-refractivity contribution in [2.24, 2.45) is 5.92 Å². The van der Waals surface area contributed by atoms with E-state index in [0.717, 1.165) is 18.9 Å². The summed E-state index contributed by atoms with van der Waals surface area (Å²) in [5, 5.41) is 3.86. The van der Waals surface area contributed by atoms with E-state index in [1.165, 1.54) is 44.9 Å². The molecule has 0 aromatic carbocycles. The van der Waals surface area contributed by atoms with E-state index < -0.39 is 0 Å². The standard InChI is InChI=1S/C18H36N2/c1-6-8-9-12-17(19-14-7-2)18(20(4)5)13-10-11-16(3)15-18/h6,16-17,19H,1,7-15H2,2-5H3. The number of allylic oxidation sites excluding steroid dienone is 1. The van der Waals surface area contributed by atoms with Crippen LogP contribution >= 0.6 is 0 Å². The molecule has 0 amide bonds. The summed E-state index contributed by atoms with van der Waals surface area (Å²) in [5.74, 6) is 0.858. The molecule has 0 aromatic rings. The molecule has 20 heavy (non-hydrogen) atoms. The molecule has 1 aliphatic carbocycles. The minimum absolute atomic E-state index is 0.355. The molecule has 0 saturated heterocycles. The first-order chi connectivity index (χ1) is 9.56. The topological polar surface area (TPSA) is 15.3 Å². The molecule has 0 spiro atoms. The molecule has 1 saturated carbocycles. The van der Waals surface area contributed by atoms with Crippen LogP contribution in [0.5, 0.6) is 0 Å². The summed E-state index contributed by atoms with van der Waals surface area (Å²) in [6, 6.07) is 0.625. The summed E-state index contributed by atoms with van der Waals surface area (Å²) < 4.78 is 0. The minimum atomic E-state index is 0.355. The van der Waals surface area contributed by atoms with E-state index in [1.54, 1.807) is 0 Å². The van der Waals surface area contributed by atoms with Crippen LogP contribution in [0.25, 0.3) is 0 Å². The minimum Gasteiger partial charge on any atom is -0.312 e. The van der Waals surface area contributed by atoms with Crippen molar-refractivity contribution in [3.8, 4) is 0 Å². The van der Waals surface area contributed by atoms with E-state index in [1.807, 2.05) is 0 Å². The van der Waals surface area contributed by atoms with Gasteiger partial charge in [0.15, 0.2) is 0 Å². The molecule has 0 heterocycles. The molecule has 1 rings (SSSR count). The van der Waals surface area contributed by atoms with Gasteiger partial charge in [0.2, 0.25) is 0 Å². The highest BCUT2D eigenvalue weighted by Crippen LogP contribution is 2.39. The average Bonchev–Trinajstić information content (AvgIpc) is 2.42. The van der Waals surface area contributed by atoms with Crippen LogP contribution in [0.4, 0.5) is 0 Å². The number of rotatable bonds is 9. The monoisotopic (exact) mass is 280 g/mol. The zero-order valence-electron chi connectivity index (χ0n) is 14.3. The molecule has 0 radical (unpaired) electrons. The first-order valence-corrected chi connectivity index (χ1v) is 8.58. The fourth-order valence-corrected chi connectivity index (χ4v) is 3.94. The van der Waals surface area contributed by atoms with Gasteiger partial charge in [-0.3, -0.25) is 0 Å². The maximum Gasteiger partial charge on any atom is 0.0358 e. The summed E-state index contributed by atoms with van der Waals surface area (Å²) in [6.07, 6.45) is 12.4. The highest BCUT2D eigenvalue weighted by molar-refractivity contribution is 5.02. The second-order valence-corrected chi connectivity index (χ2v) is 6.93. The van der Waals surface area contributed by atoms with E-state index >= 15 is 0 Å². The van der Waals surface area contributed by atoms with Gasteiger partial charge in [-0.2, -0.15) is 0 Å². The van der Waals surface area contributed by atoms with Crippen molar-refractivity contribution >= 4 is 0 Å². The highest BCUT2D eigenvalue weighted by Gasteiger charge is 2.42. The van der Waals surface area contributed by atoms with Gasteiger partial charge in [0.1, 0.15) is 0 Å². The third-order valence-corrected chi connectivity index (χ3v) is 5.09. The Morgan fingerprint density at radius 2 is 2.20 bits per heavy atom. The average molecular weight is 280 g/mol.